The summed E-state index contributed by atoms with van der Waals surface area (Å²) in [7, 11) is 0. The molecule has 0 aliphatic carbocycles. The van der Waals surface area contributed by atoms with Crippen LogP contribution in [-0.2, 0) is 34.8 Å². The Morgan fingerprint density at radius 3 is 1.08 bits per heavy atom. The summed E-state index contributed by atoms with van der Waals surface area (Å²) >= 11 is 20.4. The van der Waals surface area contributed by atoms with E-state index in [0.29, 0.717) is 22.9 Å². The van der Waals surface area contributed by atoms with Crippen LogP contribution in [0.3, 0.4) is 0 Å². The summed E-state index contributed by atoms with van der Waals surface area (Å²) in [6.45, 7) is 29.2. The molecule has 9 nitrogen and oxygen atoms in total. The second-order valence-corrected chi connectivity index (χ2v) is 14.2. The second kappa shape index (κ2) is 27.9. The summed E-state index contributed by atoms with van der Waals surface area (Å²) in [5.74, 6) is 0.818. The number of thiocarbonyl (C=S) groups is 2. The molecule has 0 saturated heterocycles. The van der Waals surface area contributed by atoms with E-state index >= 15 is 0 Å². The summed E-state index contributed by atoms with van der Waals surface area (Å²) in [5, 5.41) is 5.71. The molecule has 2 amide bonds. The van der Waals surface area contributed by atoms with Crippen molar-refractivity contribution in [3.8, 4) is 11.5 Å². The predicted molar refractivity (Wildman–Crippen MR) is 228 cm³/mol. The summed E-state index contributed by atoms with van der Waals surface area (Å²) in [5.41, 5.74) is 1.28. The van der Waals surface area contributed by atoms with Gasteiger partial charge in [0.05, 0.1) is 52.4 Å². The molecular weight excluding hydrogens is 717 g/mol. The first kappa shape index (κ1) is 48.3. The molecule has 2 atom stereocenters. The van der Waals surface area contributed by atoms with Gasteiger partial charge >= 0.3 is 0 Å². The Labute approximate surface area is 331 Å². The van der Waals surface area contributed by atoms with E-state index in [1.807, 2.05) is 27.7 Å². The van der Waals surface area contributed by atoms with E-state index in [4.69, 9.17) is 54.4 Å². The summed E-state index contributed by atoms with van der Waals surface area (Å²) in [6, 6.07) is 14.3. The normalized spacial score (nSPS) is 11.6. The minimum Gasteiger partial charge on any atom is -0.457 e. The molecule has 0 radical (unpaired) electrons. The fourth-order valence-electron chi connectivity index (χ4n) is 4.80. The Hall–Kier alpha value is -2.68. The van der Waals surface area contributed by atoms with E-state index in [1.165, 1.54) is 39.3 Å². The molecule has 13 heteroatoms. The highest BCUT2D eigenvalue weighted by molar-refractivity contribution is 8.00. The van der Waals surface area contributed by atoms with Gasteiger partial charge in [-0.1, -0.05) is 22.5 Å². The van der Waals surface area contributed by atoms with Gasteiger partial charge in [-0.25, -0.2) is 0 Å². The van der Waals surface area contributed by atoms with E-state index in [2.05, 4.69) is 52.2 Å². The molecule has 0 bridgehead atoms. The number of carbonyl (C=O) groups excluding carboxylic acids is 2. The lowest BCUT2D eigenvalue weighted by Crippen LogP contribution is -3.11. The molecule has 2 aromatic carbocycles. The van der Waals surface area contributed by atoms with Crippen LogP contribution in [0, 0.1) is 0 Å². The zero-order valence-electron chi connectivity index (χ0n) is 32.6. The van der Waals surface area contributed by atoms with E-state index in [1.54, 1.807) is 68.1 Å². The molecule has 51 heavy (non-hydrogen) atoms. The van der Waals surface area contributed by atoms with Crippen molar-refractivity contribution in [2.75, 3.05) is 63.0 Å². The molecule has 4 N–H and O–H groups in total. The monoisotopic (exact) mass is 780 g/mol. The molecule has 288 valence electrons. The van der Waals surface area contributed by atoms with Crippen molar-refractivity contribution in [2.24, 2.45) is 0 Å². The highest BCUT2D eigenvalue weighted by atomic mass is 32.1. The minimum absolute atomic E-state index is 0.0933. The number of amides is 2. The van der Waals surface area contributed by atoms with E-state index < -0.39 is 0 Å². The first-order chi connectivity index (χ1) is 24.2. The van der Waals surface area contributed by atoms with Crippen LogP contribution in [0.2, 0.25) is 0 Å². The van der Waals surface area contributed by atoms with Gasteiger partial charge in [0.1, 0.15) is 11.5 Å². The maximum atomic E-state index is 12.4. The number of carbonyl (C=O) groups is 2. The predicted octanol–water partition coefficient (Wildman–Crippen LogP) is 5.08. The molecule has 0 aromatic heterocycles. The molecule has 2 aromatic rings. The molecule has 0 fully saturated rings. The van der Waals surface area contributed by atoms with Crippen molar-refractivity contribution in [2.45, 2.75) is 94.2 Å². The Morgan fingerprint density at radius 1 is 0.608 bits per heavy atom. The van der Waals surface area contributed by atoms with Crippen LogP contribution in [0.1, 0.15) is 82.1 Å². The third kappa shape index (κ3) is 20.2. The van der Waals surface area contributed by atoms with Gasteiger partial charge in [-0.2, -0.15) is 0 Å². The molecule has 0 aliphatic rings. The number of anilines is 2. The number of hydrogen-bond acceptors (Lipinski definition) is 7. The fraction of sp³-hybridized carbons (Fsp3) is 0.579. The Bertz CT molecular complexity index is 1170. The van der Waals surface area contributed by atoms with Gasteiger partial charge in [-0.3, -0.25) is 9.59 Å². The van der Waals surface area contributed by atoms with Crippen LogP contribution in [-0.4, -0.2) is 94.7 Å². The van der Waals surface area contributed by atoms with Gasteiger partial charge in [0.25, 0.3) is 0 Å². The highest BCUT2D eigenvalue weighted by Gasteiger charge is 2.15. The molecule has 0 saturated carbocycles. The smallest absolute Gasteiger partial charge is 0.243 e. The fourth-order valence-corrected chi connectivity index (χ4v) is 5.78. The van der Waals surface area contributed by atoms with Crippen molar-refractivity contribution < 1.29 is 24.1 Å². The van der Waals surface area contributed by atoms with Crippen molar-refractivity contribution in [3.63, 3.8) is 0 Å². The maximum absolute atomic E-state index is 12.4. The van der Waals surface area contributed by atoms with Gasteiger partial charge in [0, 0.05) is 23.5 Å². The average Bonchev–Trinajstić information content (AvgIpc) is 3.12. The number of ether oxygens (including phenoxy) is 1. The van der Waals surface area contributed by atoms with Crippen molar-refractivity contribution in [3.05, 3.63) is 48.5 Å². The van der Waals surface area contributed by atoms with Gasteiger partial charge in [0.2, 0.25) is 11.8 Å². The van der Waals surface area contributed by atoms with Crippen LogP contribution in [0.5, 0.6) is 11.5 Å². The van der Waals surface area contributed by atoms with Crippen LogP contribution in [0.4, 0.5) is 11.4 Å². The van der Waals surface area contributed by atoms with Crippen molar-refractivity contribution >= 4 is 81.5 Å². The third-order valence-corrected chi connectivity index (χ3v) is 9.79. The third-order valence-electron chi connectivity index (χ3n) is 8.85. The zero-order valence-corrected chi connectivity index (χ0v) is 35.9. The number of quaternary nitrogens is 2. The second-order valence-electron chi connectivity index (χ2n) is 12.2. The van der Waals surface area contributed by atoms with Gasteiger partial charge in [-0.05, 0) is 117 Å². The molecule has 2 unspecified atom stereocenters. The minimum atomic E-state index is -0.194. The molecule has 0 spiro atoms. The van der Waals surface area contributed by atoms with Crippen LogP contribution < -0.4 is 25.2 Å². The lowest BCUT2D eigenvalue weighted by molar-refractivity contribution is -0.894. The van der Waals surface area contributed by atoms with E-state index in [-0.39, 0.29) is 45.6 Å². The average molecular weight is 781 g/mol. The largest absolute Gasteiger partial charge is 0.457 e. The molecule has 0 aliphatic heterocycles. The maximum Gasteiger partial charge on any atom is 0.243 e. The quantitative estimate of drug-likeness (QED) is 0.122. The van der Waals surface area contributed by atoms with Crippen LogP contribution in [0.15, 0.2) is 48.5 Å². The Morgan fingerprint density at radius 2 is 0.882 bits per heavy atom. The lowest BCUT2D eigenvalue weighted by Gasteiger charge is -2.33. The zero-order chi connectivity index (χ0) is 38.9. The SMILES string of the molecule is CCC(C)N(CC(=O)Nc1ccc(Oc2ccc(NC(=O)CN(C(=S)[S-])C(C)CC)cc2)cc1)C(=S)[S-].CC[NH+](CC)CC.CC[NH+](CC)CC. The van der Waals surface area contributed by atoms with Gasteiger partial charge < -0.3 is 84.7 Å². The van der Waals surface area contributed by atoms with E-state index in [9.17, 15) is 9.59 Å². The number of nitrogens with zero attached hydrogens (tertiary/aromatic N) is 2. The van der Waals surface area contributed by atoms with Crippen LogP contribution >= 0.6 is 24.4 Å². The first-order valence-electron chi connectivity index (χ1n) is 18.3. The summed E-state index contributed by atoms with van der Waals surface area (Å²) in [4.78, 5) is 31.7. The van der Waals surface area contributed by atoms with Gasteiger partial charge in [0.15, 0.2) is 0 Å². The standard InChI is InChI=1S/C26H34N4O3S4.2C6H15N/c1-5-17(3)29(25(34)35)15-23(31)27-19-7-11-21(12-8-19)33-22-13-9-20(10-14-22)28-24(32)16-30(26(36)37)18(4)6-2;2*1-4-7(5-2)6-3/h7-14,17-18H,5-6,15-16H2,1-4H3,(H,27,31)(H,28,32)(H,34,35)(H,36,37);2*4-6H2,1-3H3. The highest BCUT2D eigenvalue weighted by Crippen LogP contribution is 2.24. The summed E-state index contributed by atoms with van der Waals surface area (Å²) in [6.07, 6.45) is 1.67. The first-order valence-corrected chi connectivity index (χ1v) is 20.0. The topological polar surface area (TPSA) is 82.8 Å². The van der Waals surface area contributed by atoms with Crippen LogP contribution in [0.25, 0.3) is 0 Å². The number of nitrogens with one attached hydrogen (secondary N) is 4. The van der Waals surface area contributed by atoms with Crippen molar-refractivity contribution in [1.82, 2.24) is 9.80 Å². The van der Waals surface area contributed by atoms with Crippen molar-refractivity contribution in [1.29, 1.82) is 0 Å². The lowest BCUT2D eigenvalue weighted by atomic mass is 10.2. The Balaban J connectivity index is 0.00000149. The molecular formula is C38H64N6O3S4. The number of hydrogen-bond donors (Lipinski definition) is 4. The van der Waals surface area contributed by atoms with Gasteiger partial charge in [-0.15, -0.1) is 0 Å². The molecule has 2 rings (SSSR count). The number of benzene rings is 2. The number of rotatable bonds is 18. The Kier molecular flexibility index (Phi) is 26.4. The molecule has 0 heterocycles. The summed E-state index contributed by atoms with van der Waals surface area (Å²) < 4.78 is 6.45. The van der Waals surface area contributed by atoms with E-state index in [0.717, 1.165) is 12.8 Å².